The number of aliphatic hydroxyl groups excluding tert-OH is 1. The Balaban J connectivity index is 2.88. The molecule has 0 aliphatic rings. The van der Waals surface area contributed by atoms with Gasteiger partial charge in [-0.2, -0.15) is 0 Å². The normalized spacial score (nSPS) is 13.7. The molecule has 1 unspecified atom stereocenters. The molecule has 0 aromatic heterocycles. The van der Waals surface area contributed by atoms with E-state index in [1.807, 2.05) is 32.9 Å². The largest absolute Gasteiger partial charge is 0.493 e. The Hall–Kier alpha value is -1.55. The summed E-state index contributed by atoms with van der Waals surface area (Å²) in [5.41, 5.74) is 0.132. The number of hydrogen-bond donors (Lipinski definition) is 2. The third-order valence-corrected chi connectivity index (χ3v) is 3.29. The number of rotatable bonds is 7. The number of benzene rings is 1. The van der Waals surface area contributed by atoms with Gasteiger partial charge in [-0.1, -0.05) is 19.1 Å². The lowest BCUT2D eigenvalue weighted by molar-refractivity contribution is 0.0882. The fourth-order valence-corrected chi connectivity index (χ4v) is 1.85. The molecule has 0 saturated heterocycles. The minimum atomic E-state index is -0.398. The van der Waals surface area contributed by atoms with Crippen molar-refractivity contribution < 1.29 is 14.6 Å². The van der Waals surface area contributed by atoms with Crippen LogP contribution in [0.25, 0.3) is 0 Å². The third-order valence-electron chi connectivity index (χ3n) is 3.29. The summed E-state index contributed by atoms with van der Waals surface area (Å²) >= 11 is 0. The Morgan fingerprint density at radius 2 is 2.05 bits per heavy atom. The van der Waals surface area contributed by atoms with Gasteiger partial charge in [0, 0.05) is 12.1 Å². The Labute approximate surface area is 114 Å². The molecule has 4 nitrogen and oxygen atoms in total. The maximum atomic E-state index is 12.3. The Morgan fingerprint density at radius 1 is 1.37 bits per heavy atom. The van der Waals surface area contributed by atoms with Crippen molar-refractivity contribution in [2.45, 2.75) is 39.2 Å². The van der Waals surface area contributed by atoms with Gasteiger partial charge in [-0.05, 0) is 38.8 Å². The highest BCUT2D eigenvalue weighted by Crippen LogP contribution is 2.20. The summed E-state index contributed by atoms with van der Waals surface area (Å²) in [6.45, 7) is 6.38. The first-order valence-corrected chi connectivity index (χ1v) is 6.71. The van der Waals surface area contributed by atoms with Gasteiger partial charge in [-0.3, -0.25) is 4.79 Å². The minimum Gasteiger partial charge on any atom is -0.493 e. The number of nitrogens with one attached hydrogen (secondary N) is 1. The van der Waals surface area contributed by atoms with Crippen molar-refractivity contribution in [2.75, 3.05) is 13.2 Å². The SMILES string of the molecule is CCOc1ccccc1C(=O)NC(C)(CC)CCO. The Bertz CT molecular complexity index is 420. The first-order chi connectivity index (χ1) is 9.06. The Kier molecular flexibility index (Phi) is 5.83. The van der Waals surface area contributed by atoms with Crippen LogP contribution in [-0.2, 0) is 0 Å². The number of amides is 1. The minimum absolute atomic E-state index is 0.0533. The van der Waals surface area contributed by atoms with Crippen molar-refractivity contribution in [1.82, 2.24) is 5.32 Å². The first kappa shape index (κ1) is 15.5. The molecular weight excluding hydrogens is 242 g/mol. The van der Waals surface area contributed by atoms with E-state index in [0.717, 1.165) is 6.42 Å². The Morgan fingerprint density at radius 3 is 2.63 bits per heavy atom. The van der Waals surface area contributed by atoms with Gasteiger partial charge in [0.1, 0.15) is 5.75 Å². The van der Waals surface area contributed by atoms with E-state index < -0.39 is 5.54 Å². The fraction of sp³-hybridized carbons (Fsp3) is 0.533. The summed E-state index contributed by atoms with van der Waals surface area (Å²) in [4.78, 5) is 12.3. The van der Waals surface area contributed by atoms with Gasteiger partial charge in [0.2, 0.25) is 0 Å². The van der Waals surface area contributed by atoms with Gasteiger partial charge in [0.05, 0.1) is 12.2 Å². The maximum absolute atomic E-state index is 12.3. The monoisotopic (exact) mass is 265 g/mol. The zero-order valence-electron chi connectivity index (χ0n) is 11.9. The van der Waals surface area contributed by atoms with E-state index in [4.69, 9.17) is 9.84 Å². The molecule has 0 aliphatic carbocycles. The molecule has 106 valence electrons. The van der Waals surface area contributed by atoms with E-state index in [-0.39, 0.29) is 12.5 Å². The molecule has 1 amide bonds. The van der Waals surface area contributed by atoms with Crippen LogP contribution in [0, 0.1) is 0 Å². The predicted octanol–water partition coefficient (Wildman–Crippen LogP) is 2.37. The summed E-state index contributed by atoms with van der Waals surface area (Å²) in [5.74, 6) is 0.423. The maximum Gasteiger partial charge on any atom is 0.255 e. The van der Waals surface area contributed by atoms with E-state index >= 15 is 0 Å². The van der Waals surface area contributed by atoms with Crippen LogP contribution in [0.5, 0.6) is 5.75 Å². The highest BCUT2D eigenvalue weighted by Gasteiger charge is 2.25. The molecular formula is C15H23NO3. The quantitative estimate of drug-likeness (QED) is 0.795. The second-order valence-corrected chi connectivity index (χ2v) is 4.77. The van der Waals surface area contributed by atoms with Crippen LogP contribution in [0.1, 0.15) is 44.0 Å². The summed E-state index contributed by atoms with van der Waals surface area (Å²) in [7, 11) is 0. The molecule has 1 aromatic rings. The molecule has 1 aromatic carbocycles. The van der Waals surface area contributed by atoms with E-state index in [0.29, 0.717) is 24.3 Å². The number of para-hydroxylation sites is 1. The van der Waals surface area contributed by atoms with Gasteiger partial charge >= 0.3 is 0 Å². The van der Waals surface area contributed by atoms with E-state index in [2.05, 4.69) is 5.32 Å². The summed E-state index contributed by atoms with van der Waals surface area (Å²) in [6.07, 6.45) is 1.29. The number of aliphatic hydroxyl groups is 1. The number of ether oxygens (including phenoxy) is 1. The number of carbonyl (C=O) groups is 1. The first-order valence-electron chi connectivity index (χ1n) is 6.71. The van der Waals surface area contributed by atoms with Crippen LogP contribution in [0.15, 0.2) is 24.3 Å². The van der Waals surface area contributed by atoms with Crippen LogP contribution in [0.3, 0.4) is 0 Å². The smallest absolute Gasteiger partial charge is 0.255 e. The van der Waals surface area contributed by atoms with Crippen molar-refractivity contribution in [3.8, 4) is 5.75 Å². The average Bonchev–Trinajstić information content (AvgIpc) is 2.40. The predicted molar refractivity (Wildman–Crippen MR) is 75.5 cm³/mol. The topological polar surface area (TPSA) is 58.6 Å². The number of hydrogen-bond acceptors (Lipinski definition) is 3. The van der Waals surface area contributed by atoms with Crippen molar-refractivity contribution in [1.29, 1.82) is 0 Å². The van der Waals surface area contributed by atoms with Gasteiger partial charge in [-0.25, -0.2) is 0 Å². The molecule has 0 spiro atoms. The van der Waals surface area contributed by atoms with Gasteiger partial charge in [0.15, 0.2) is 0 Å². The molecule has 4 heteroatoms. The zero-order chi connectivity index (χ0) is 14.3. The number of carbonyl (C=O) groups excluding carboxylic acids is 1. The summed E-state index contributed by atoms with van der Waals surface area (Å²) < 4.78 is 5.46. The molecule has 0 radical (unpaired) electrons. The lowest BCUT2D eigenvalue weighted by Crippen LogP contribution is -2.46. The third kappa shape index (κ3) is 4.24. The van der Waals surface area contributed by atoms with Gasteiger partial charge in [-0.15, -0.1) is 0 Å². The molecule has 2 N–H and O–H groups in total. The van der Waals surface area contributed by atoms with Crippen molar-refractivity contribution >= 4 is 5.91 Å². The second-order valence-electron chi connectivity index (χ2n) is 4.77. The van der Waals surface area contributed by atoms with E-state index in [9.17, 15) is 4.79 Å². The van der Waals surface area contributed by atoms with E-state index in [1.165, 1.54) is 0 Å². The van der Waals surface area contributed by atoms with Crippen LogP contribution in [0.4, 0.5) is 0 Å². The highest BCUT2D eigenvalue weighted by atomic mass is 16.5. The molecule has 0 fully saturated rings. The molecule has 0 aliphatic heterocycles. The molecule has 0 bridgehead atoms. The van der Waals surface area contributed by atoms with Crippen molar-refractivity contribution in [2.24, 2.45) is 0 Å². The molecule has 0 saturated carbocycles. The highest BCUT2D eigenvalue weighted by molar-refractivity contribution is 5.97. The van der Waals surface area contributed by atoms with E-state index in [1.54, 1.807) is 12.1 Å². The van der Waals surface area contributed by atoms with Crippen molar-refractivity contribution in [3.05, 3.63) is 29.8 Å². The summed E-state index contributed by atoms with van der Waals surface area (Å²) in [6, 6.07) is 7.18. The fourth-order valence-electron chi connectivity index (χ4n) is 1.85. The lowest BCUT2D eigenvalue weighted by Gasteiger charge is -2.29. The zero-order valence-corrected chi connectivity index (χ0v) is 11.9. The van der Waals surface area contributed by atoms with Crippen molar-refractivity contribution in [3.63, 3.8) is 0 Å². The van der Waals surface area contributed by atoms with Crippen LogP contribution < -0.4 is 10.1 Å². The van der Waals surface area contributed by atoms with Crippen LogP contribution in [-0.4, -0.2) is 29.8 Å². The van der Waals surface area contributed by atoms with Gasteiger partial charge in [0.25, 0.3) is 5.91 Å². The summed E-state index contributed by atoms with van der Waals surface area (Å²) in [5, 5.41) is 12.1. The second kappa shape index (κ2) is 7.14. The molecule has 0 heterocycles. The van der Waals surface area contributed by atoms with Crippen LogP contribution >= 0.6 is 0 Å². The standard InChI is InChI=1S/C15H23NO3/c1-4-15(3,10-11-17)16-14(18)12-8-6-7-9-13(12)19-5-2/h6-9,17H,4-5,10-11H2,1-3H3,(H,16,18). The molecule has 1 atom stereocenters. The van der Waals surface area contributed by atoms with Gasteiger partial charge < -0.3 is 15.2 Å². The van der Waals surface area contributed by atoms with Crippen LogP contribution in [0.2, 0.25) is 0 Å². The average molecular weight is 265 g/mol. The lowest BCUT2D eigenvalue weighted by atomic mass is 9.94. The molecule has 19 heavy (non-hydrogen) atoms. The molecule has 1 rings (SSSR count).